The molecule has 2 atom stereocenters. The van der Waals surface area contributed by atoms with Crippen molar-refractivity contribution in [2.45, 2.75) is 31.1 Å². The number of H-pyrrole nitrogens is 1. The first-order valence-corrected chi connectivity index (χ1v) is 5.78. The molecule has 1 aromatic rings. The van der Waals surface area contributed by atoms with Crippen molar-refractivity contribution in [3.8, 4) is 0 Å². The zero-order chi connectivity index (χ0) is 9.10. The van der Waals surface area contributed by atoms with E-state index in [2.05, 4.69) is 34.2 Å². The number of hydrogen-bond acceptors (Lipinski definition) is 3. The first-order chi connectivity index (χ1) is 6.36. The maximum atomic E-state index is 3.92. The Bertz CT molecular complexity index is 247. The Hall–Kier alpha value is -0.640. The van der Waals surface area contributed by atoms with Gasteiger partial charge in [0.2, 0.25) is 0 Å². The van der Waals surface area contributed by atoms with E-state index in [1.54, 1.807) is 0 Å². The lowest BCUT2D eigenvalue weighted by molar-refractivity contribution is 0.617. The van der Waals surface area contributed by atoms with Gasteiger partial charge in [-0.2, -0.15) is 16.9 Å². The summed E-state index contributed by atoms with van der Waals surface area (Å²) in [6.45, 7) is 2.29. The molecule has 4 heteroatoms. The Morgan fingerprint density at radius 2 is 2.62 bits per heavy atom. The highest BCUT2D eigenvalue weighted by Gasteiger charge is 2.21. The summed E-state index contributed by atoms with van der Waals surface area (Å²) in [4.78, 5) is 0. The van der Waals surface area contributed by atoms with E-state index in [0.717, 1.165) is 5.69 Å². The highest BCUT2D eigenvalue weighted by atomic mass is 32.2. The van der Waals surface area contributed by atoms with Gasteiger partial charge in [0, 0.05) is 17.5 Å². The van der Waals surface area contributed by atoms with Crippen LogP contribution in [-0.2, 0) is 0 Å². The van der Waals surface area contributed by atoms with Crippen LogP contribution in [0.3, 0.4) is 0 Å². The van der Waals surface area contributed by atoms with Crippen molar-refractivity contribution in [1.82, 2.24) is 10.2 Å². The lowest BCUT2D eigenvalue weighted by Gasteiger charge is -2.29. The Labute approximate surface area is 82.7 Å². The molecule has 0 aliphatic carbocycles. The molecule has 2 heterocycles. The third-order valence-electron chi connectivity index (χ3n) is 2.46. The predicted molar refractivity (Wildman–Crippen MR) is 57.2 cm³/mol. The molecule has 0 spiro atoms. The quantitative estimate of drug-likeness (QED) is 0.763. The Balaban J connectivity index is 1.93. The van der Waals surface area contributed by atoms with Crippen molar-refractivity contribution in [1.29, 1.82) is 0 Å². The third-order valence-corrected chi connectivity index (χ3v) is 3.84. The number of anilines is 1. The van der Waals surface area contributed by atoms with Crippen LogP contribution >= 0.6 is 11.8 Å². The van der Waals surface area contributed by atoms with Crippen molar-refractivity contribution in [3.63, 3.8) is 0 Å². The first kappa shape index (κ1) is 8.94. The van der Waals surface area contributed by atoms with Gasteiger partial charge in [0.25, 0.3) is 0 Å². The van der Waals surface area contributed by atoms with Crippen molar-refractivity contribution in [2.75, 3.05) is 11.1 Å². The smallest absolute Gasteiger partial charge is 0.0726 e. The van der Waals surface area contributed by atoms with E-state index in [4.69, 9.17) is 0 Å². The monoisotopic (exact) mass is 197 g/mol. The number of aromatic amines is 1. The van der Waals surface area contributed by atoms with Crippen LogP contribution in [0.4, 0.5) is 5.69 Å². The highest BCUT2D eigenvalue weighted by molar-refractivity contribution is 7.99. The fraction of sp³-hybridized carbons (Fsp3) is 0.667. The fourth-order valence-corrected chi connectivity index (χ4v) is 2.80. The summed E-state index contributed by atoms with van der Waals surface area (Å²) in [5, 5.41) is 10.9. The molecule has 2 N–H and O–H groups in total. The largest absolute Gasteiger partial charge is 0.379 e. The Morgan fingerprint density at radius 3 is 3.31 bits per heavy atom. The summed E-state index contributed by atoms with van der Waals surface area (Å²) in [6, 6.07) is 0.608. The molecular weight excluding hydrogens is 182 g/mol. The predicted octanol–water partition coefficient (Wildman–Crippen LogP) is 2.11. The molecule has 13 heavy (non-hydrogen) atoms. The number of aromatic nitrogens is 2. The van der Waals surface area contributed by atoms with Crippen molar-refractivity contribution >= 4 is 17.4 Å². The van der Waals surface area contributed by atoms with Crippen LogP contribution in [0.2, 0.25) is 0 Å². The molecule has 1 fully saturated rings. The van der Waals surface area contributed by atoms with E-state index in [0.29, 0.717) is 11.3 Å². The number of rotatable bonds is 2. The minimum absolute atomic E-state index is 0.608. The molecule has 2 rings (SSSR count). The van der Waals surface area contributed by atoms with Crippen molar-refractivity contribution < 1.29 is 0 Å². The maximum absolute atomic E-state index is 3.92. The second-order valence-electron chi connectivity index (χ2n) is 3.46. The summed E-state index contributed by atoms with van der Waals surface area (Å²) in [5.41, 5.74) is 1.11. The van der Waals surface area contributed by atoms with Gasteiger partial charge in [-0.15, -0.1) is 0 Å². The molecule has 0 saturated carbocycles. The van der Waals surface area contributed by atoms with Crippen LogP contribution in [0, 0.1) is 0 Å². The zero-order valence-electron chi connectivity index (χ0n) is 7.79. The summed E-state index contributed by atoms with van der Waals surface area (Å²) in [6.07, 6.45) is 6.35. The molecule has 0 radical (unpaired) electrons. The number of nitrogens with zero attached hydrogens (tertiary/aromatic N) is 1. The summed E-state index contributed by atoms with van der Waals surface area (Å²) >= 11 is 2.05. The van der Waals surface area contributed by atoms with E-state index in [1.807, 2.05) is 12.4 Å². The second-order valence-corrected chi connectivity index (χ2v) is 4.94. The van der Waals surface area contributed by atoms with Crippen LogP contribution in [0.1, 0.15) is 19.8 Å². The van der Waals surface area contributed by atoms with E-state index >= 15 is 0 Å². The van der Waals surface area contributed by atoms with Crippen LogP contribution in [0.25, 0.3) is 0 Å². The minimum atomic E-state index is 0.608. The molecule has 72 valence electrons. The van der Waals surface area contributed by atoms with E-state index in [1.165, 1.54) is 18.6 Å². The van der Waals surface area contributed by atoms with Gasteiger partial charge in [-0.25, -0.2) is 0 Å². The van der Waals surface area contributed by atoms with Gasteiger partial charge in [0.15, 0.2) is 0 Å². The SMILES string of the molecule is CC1SCCCC1Nc1cn[nH]c1. The van der Waals surface area contributed by atoms with Gasteiger partial charge < -0.3 is 5.32 Å². The van der Waals surface area contributed by atoms with Gasteiger partial charge in [-0.1, -0.05) is 6.92 Å². The van der Waals surface area contributed by atoms with Gasteiger partial charge in [0.05, 0.1) is 11.9 Å². The van der Waals surface area contributed by atoms with Crippen LogP contribution < -0.4 is 5.32 Å². The molecule has 2 unspecified atom stereocenters. The minimum Gasteiger partial charge on any atom is -0.379 e. The standard InChI is InChI=1S/C9H15N3S/c1-7-9(3-2-4-13-7)12-8-5-10-11-6-8/h5-7,9,12H,2-4H2,1H3,(H,10,11). The van der Waals surface area contributed by atoms with Crippen LogP contribution in [0.15, 0.2) is 12.4 Å². The summed E-state index contributed by atoms with van der Waals surface area (Å²) in [7, 11) is 0. The van der Waals surface area contributed by atoms with E-state index < -0.39 is 0 Å². The Kier molecular flexibility index (Phi) is 2.78. The highest BCUT2D eigenvalue weighted by Crippen LogP contribution is 2.27. The van der Waals surface area contributed by atoms with Crippen molar-refractivity contribution in [3.05, 3.63) is 12.4 Å². The summed E-state index contributed by atoms with van der Waals surface area (Å²) < 4.78 is 0. The lowest BCUT2D eigenvalue weighted by Crippen LogP contribution is -2.32. The summed E-state index contributed by atoms with van der Waals surface area (Å²) in [5.74, 6) is 1.31. The van der Waals surface area contributed by atoms with E-state index in [-0.39, 0.29) is 0 Å². The fourth-order valence-electron chi connectivity index (χ4n) is 1.66. The molecule has 1 saturated heterocycles. The molecule has 0 aromatic carbocycles. The first-order valence-electron chi connectivity index (χ1n) is 4.73. The van der Waals surface area contributed by atoms with Gasteiger partial charge in [-0.05, 0) is 18.6 Å². The number of hydrogen-bond donors (Lipinski definition) is 2. The second kappa shape index (κ2) is 4.05. The third kappa shape index (κ3) is 2.18. The normalized spacial score (nSPS) is 28.7. The number of nitrogens with one attached hydrogen (secondary N) is 2. The van der Waals surface area contributed by atoms with Gasteiger partial charge >= 0.3 is 0 Å². The maximum Gasteiger partial charge on any atom is 0.0726 e. The number of thioether (sulfide) groups is 1. The molecule has 0 bridgehead atoms. The molecule has 1 aliphatic heterocycles. The lowest BCUT2D eigenvalue weighted by atomic mass is 10.1. The van der Waals surface area contributed by atoms with Gasteiger partial charge in [0.1, 0.15) is 0 Å². The average Bonchev–Trinajstić information content (AvgIpc) is 2.61. The molecular formula is C9H15N3S. The molecule has 0 amide bonds. The molecule has 1 aliphatic rings. The van der Waals surface area contributed by atoms with Crippen molar-refractivity contribution in [2.24, 2.45) is 0 Å². The molecule has 3 nitrogen and oxygen atoms in total. The Morgan fingerprint density at radius 1 is 1.69 bits per heavy atom. The topological polar surface area (TPSA) is 40.7 Å². The van der Waals surface area contributed by atoms with E-state index in [9.17, 15) is 0 Å². The molecule has 1 aromatic heterocycles. The average molecular weight is 197 g/mol. The van der Waals surface area contributed by atoms with Gasteiger partial charge in [-0.3, -0.25) is 5.10 Å². The zero-order valence-corrected chi connectivity index (χ0v) is 8.60. The van der Waals surface area contributed by atoms with Crippen LogP contribution in [-0.4, -0.2) is 27.2 Å². The van der Waals surface area contributed by atoms with Crippen LogP contribution in [0.5, 0.6) is 0 Å².